The Hall–Kier alpha value is -3.12. The summed E-state index contributed by atoms with van der Waals surface area (Å²) in [6.45, 7) is 2.62. The molecule has 3 aromatic rings. The standard InChI is InChI=1S/C21H21ClN4O2/c1-14-11-19(26(2)13-15-7-5-4-6-8-15)25-21(23-14)24-18-12-16(20(27)28-3)9-10-17(18)22/h4-12H,13H2,1-3H3,(H,23,24,25). The molecule has 1 aromatic heterocycles. The summed E-state index contributed by atoms with van der Waals surface area (Å²) in [5, 5.41) is 3.56. The maximum Gasteiger partial charge on any atom is 0.337 e. The monoisotopic (exact) mass is 396 g/mol. The minimum absolute atomic E-state index is 0.392. The Labute approximate surface area is 169 Å². The third kappa shape index (κ3) is 4.78. The molecule has 0 amide bonds. The zero-order chi connectivity index (χ0) is 20.1. The molecule has 0 radical (unpaired) electrons. The summed E-state index contributed by atoms with van der Waals surface area (Å²) < 4.78 is 4.76. The normalized spacial score (nSPS) is 10.4. The number of halogens is 1. The Morgan fingerprint density at radius 1 is 1.14 bits per heavy atom. The smallest absolute Gasteiger partial charge is 0.337 e. The zero-order valence-electron chi connectivity index (χ0n) is 15.9. The Balaban J connectivity index is 1.85. The van der Waals surface area contributed by atoms with Gasteiger partial charge in [0.15, 0.2) is 0 Å². The van der Waals surface area contributed by atoms with Gasteiger partial charge in [-0.25, -0.2) is 9.78 Å². The van der Waals surface area contributed by atoms with Crippen LogP contribution in [-0.2, 0) is 11.3 Å². The van der Waals surface area contributed by atoms with Crippen molar-refractivity contribution in [2.24, 2.45) is 0 Å². The molecule has 0 spiro atoms. The number of nitrogens with one attached hydrogen (secondary N) is 1. The third-order valence-corrected chi connectivity index (χ3v) is 4.46. The van der Waals surface area contributed by atoms with Gasteiger partial charge in [0.2, 0.25) is 5.95 Å². The molecule has 1 N–H and O–H groups in total. The van der Waals surface area contributed by atoms with Crippen molar-refractivity contribution in [1.82, 2.24) is 9.97 Å². The van der Waals surface area contributed by atoms with Crippen LogP contribution in [0.1, 0.15) is 21.6 Å². The van der Waals surface area contributed by atoms with E-state index < -0.39 is 5.97 Å². The summed E-state index contributed by atoms with van der Waals surface area (Å²) in [6.07, 6.45) is 0. The van der Waals surface area contributed by atoms with E-state index in [1.807, 2.05) is 43.1 Å². The number of methoxy groups -OCH3 is 1. The highest BCUT2D eigenvalue weighted by Crippen LogP contribution is 2.27. The van der Waals surface area contributed by atoms with Crippen molar-refractivity contribution in [1.29, 1.82) is 0 Å². The van der Waals surface area contributed by atoms with Crippen LogP contribution in [0.15, 0.2) is 54.6 Å². The van der Waals surface area contributed by atoms with Crippen LogP contribution in [0.5, 0.6) is 0 Å². The molecule has 0 fully saturated rings. The van der Waals surface area contributed by atoms with Crippen LogP contribution in [0.4, 0.5) is 17.5 Å². The minimum Gasteiger partial charge on any atom is -0.465 e. The molecule has 0 aliphatic rings. The van der Waals surface area contributed by atoms with Gasteiger partial charge in [0.1, 0.15) is 5.82 Å². The molecular weight excluding hydrogens is 376 g/mol. The highest BCUT2D eigenvalue weighted by Gasteiger charge is 2.12. The molecule has 0 saturated carbocycles. The summed E-state index contributed by atoms with van der Waals surface area (Å²) >= 11 is 6.26. The predicted molar refractivity (Wildman–Crippen MR) is 111 cm³/mol. The van der Waals surface area contributed by atoms with Crippen LogP contribution in [-0.4, -0.2) is 30.1 Å². The van der Waals surface area contributed by atoms with Crippen molar-refractivity contribution in [2.75, 3.05) is 24.4 Å². The van der Waals surface area contributed by atoms with E-state index in [2.05, 4.69) is 27.4 Å². The fourth-order valence-electron chi connectivity index (χ4n) is 2.73. The van der Waals surface area contributed by atoms with Crippen molar-refractivity contribution in [3.63, 3.8) is 0 Å². The van der Waals surface area contributed by atoms with E-state index in [-0.39, 0.29) is 0 Å². The second kappa shape index (κ2) is 8.71. The van der Waals surface area contributed by atoms with E-state index in [1.54, 1.807) is 18.2 Å². The number of aryl methyl sites for hydroxylation is 1. The van der Waals surface area contributed by atoms with Gasteiger partial charge in [-0.15, -0.1) is 0 Å². The first-order valence-electron chi connectivity index (χ1n) is 8.72. The van der Waals surface area contributed by atoms with E-state index >= 15 is 0 Å². The second-order valence-electron chi connectivity index (χ2n) is 6.34. The maximum absolute atomic E-state index is 11.8. The molecule has 0 atom stereocenters. The largest absolute Gasteiger partial charge is 0.465 e. The Morgan fingerprint density at radius 3 is 2.61 bits per heavy atom. The van der Waals surface area contributed by atoms with Crippen molar-refractivity contribution in [2.45, 2.75) is 13.5 Å². The van der Waals surface area contributed by atoms with E-state index in [1.165, 1.54) is 12.7 Å². The molecule has 0 unspecified atom stereocenters. The van der Waals surface area contributed by atoms with E-state index in [4.69, 9.17) is 16.3 Å². The molecule has 144 valence electrons. The number of rotatable bonds is 6. The third-order valence-electron chi connectivity index (χ3n) is 4.13. The number of benzene rings is 2. The molecule has 3 rings (SSSR count). The average Bonchev–Trinajstić information content (AvgIpc) is 2.69. The minimum atomic E-state index is -0.437. The van der Waals surface area contributed by atoms with Crippen LogP contribution in [0.25, 0.3) is 0 Å². The Morgan fingerprint density at radius 2 is 1.89 bits per heavy atom. The van der Waals surface area contributed by atoms with Crippen molar-refractivity contribution in [3.05, 3.63) is 76.4 Å². The summed E-state index contributed by atoms with van der Waals surface area (Å²) in [6, 6.07) is 16.9. The van der Waals surface area contributed by atoms with Crippen molar-refractivity contribution >= 4 is 35.0 Å². The maximum atomic E-state index is 11.8. The lowest BCUT2D eigenvalue weighted by Gasteiger charge is -2.19. The summed E-state index contributed by atoms with van der Waals surface area (Å²) in [4.78, 5) is 22.8. The first-order chi connectivity index (χ1) is 13.5. The van der Waals surface area contributed by atoms with Crippen LogP contribution in [0.2, 0.25) is 5.02 Å². The van der Waals surface area contributed by atoms with Crippen LogP contribution in [0.3, 0.4) is 0 Å². The van der Waals surface area contributed by atoms with E-state index in [0.717, 1.165) is 18.1 Å². The highest BCUT2D eigenvalue weighted by atomic mass is 35.5. The molecule has 1 heterocycles. The number of hydrogen-bond donors (Lipinski definition) is 1. The molecule has 0 saturated heterocycles. The first kappa shape index (κ1) is 19.6. The quantitative estimate of drug-likeness (QED) is 0.614. The molecular formula is C21H21ClN4O2. The van der Waals surface area contributed by atoms with Crippen LogP contribution < -0.4 is 10.2 Å². The number of carbonyl (C=O) groups is 1. The van der Waals surface area contributed by atoms with Gasteiger partial charge in [0, 0.05) is 25.4 Å². The average molecular weight is 397 g/mol. The van der Waals surface area contributed by atoms with Crippen molar-refractivity contribution < 1.29 is 9.53 Å². The Bertz CT molecular complexity index is 979. The zero-order valence-corrected chi connectivity index (χ0v) is 16.7. The van der Waals surface area contributed by atoms with Gasteiger partial charge in [0.25, 0.3) is 0 Å². The van der Waals surface area contributed by atoms with E-state index in [0.29, 0.717) is 22.2 Å². The topological polar surface area (TPSA) is 67.3 Å². The summed E-state index contributed by atoms with van der Waals surface area (Å²) in [5.41, 5.74) is 2.92. The van der Waals surface area contributed by atoms with E-state index in [9.17, 15) is 4.79 Å². The van der Waals surface area contributed by atoms with Crippen LogP contribution in [0, 0.1) is 6.92 Å². The van der Waals surface area contributed by atoms with Gasteiger partial charge in [-0.1, -0.05) is 41.9 Å². The molecule has 0 aliphatic heterocycles. The Kier molecular flexibility index (Phi) is 6.11. The lowest BCUT2D eigenvalue weighted by atomic mass is 10.2. The van der Waals surface area contributed by atoms with Gasteiger partial charge in [-0.3, -0.25) is 0 Å². The fraction of sp³-hybridized carbons (Fsp3) is 0.190. The van der Waals surface area contributed by atoms with Gasteiger partial charge in [-0.2, -0.15) is 4.98 Å². The second-order valence-corrected chi connectivity index (χ2v) is 6.75. The number of nitrogens with zero attached hydrogens (tertiary/aromatic N) is 3. The first-order valence-corrected chi connectivity index (χ1v) is 9.09. The highest BCUT2D eigenvalue weighted by molar-refractivity contribution is 6.33. The van der Waals surface area contributed by atoms with Gasteiger partial charge in [0.05, 0.1) is 23.4 Å². The number of hydrogen-bond acceptors (Lipinski definition) is 6. The molecule has 0 aliphatic carbocycles. The molecule has 6 nitrogen and oxygen atoms in total. The lowest BCUT2D eigenvalue weighted by Crippen LogP contribution is -2.18. The van der Waals surface area contributed by atoms with Crippen LogP contribution >= 0.6 is 11.6 Å². The van der Waals surface area contributed by atoms with Gasteiger partial charge >= 0.3 is 5.97 Å². The lowest BCUT2D eigenvalue weighted by molar-refractivity contribution is 0.0601. The number of ether oxygens (including phenoxy) is 1. The number of aromatic nitrogens is 2. The number of esters is 1. The fourth-order valence-corrected chi connectivity index (χ4v) is 2.89. The molecule has 7 heteroatoms. The number of anilines is 3. The number of carbonyl (C=O) groups excluding carboxylic acids is 1. The van der Waals surface area contributed by atoms with Gasteiger partial charge in [-0.05, 0) is 30.7 Å². The summed E-state index contributed by atoms with van der Waals surface area (Å²) in [5.74, 6) is 0.742. The summed E-state index contributed by atoms with van der Waals surface area (Å²) in [7, 11) is 3.31. The van der Waals surface area contributed by atoms with Gasteiger partial charge < -0.3 is 15.0 Å². The van der Waals surface area contributed by atoms with Crippen molar-refractivity contribution in [3.8, 4) is 0 Å². The molecule has 0 bridgehead atoms. The predicted octanol–water partition coefficient (Wildman–Crippen LogP) is 4.61. The molecule has 2 aromatic carbocycles. The SMILES string of the molecule is COC(=O)c1ccc(Cl)c(Nc2nc(C)cc(N(C)Cc3ccccc3)n2)c1. The molecule has 28 heavy (non-hydrogen) atoms.